The van der Waals surface area contributed by atoms with Crippen LogP contribution in [0, 0.1) is 0 Å². The number of methoxy groups -OCH3 is 1. The molecule has 0 saturated carbocycles. The molecule has 0 aromatic heterocycles. The van der Waals surface area contributed by atoms with Gasteiger partial charge in [-0.1, -0.05) is 18.2 Å². The van der Waals surface area contributed by atoms with E-state index in [0.29, 0.717) is 26.1 Å². The third kappa shape index (κ3) is 8.35. The minimum Gasteiger partial charge on any atom is -0.491 e. The highest BCUT2D eigenvalue weighted by Crippen LogP contribution is 2.13. The summed E-state index contributed by atoms with van der Waals surface area (Å²) in [4.78, 5) is 24.1. The second kappa shape index (κ2) is 12.1. The standard InChI is InChI=1S/C19H27NO5/c1-4-6-7-17(19(22)24-5-2)20-18(21)14-15-8-10-16(11-9-15)25-13-12-23-3/h4,8-11,17H,1,5-7,12-14H2,2-3H3,(H,20,21)/t17-/m0/s1. The molecule has 1 atom stereocenters. The molecule has 25 heavy (non-hydrogen) atoms. The number of amides is 1. The molecule has 0 fully saturated rings. The molecule has 0 radical (unpaired) electrons. The van der Waals surface area contributed by atoms with Crippen LogP contribution < -0.4 is 10.1 Å². The number of esters is 1. The van der Waals surface area contributed by atoms with Crippen LogP contribution in [0.15, 0.2) is 36.9 Å². The molecule has 0 saturated heterocycles. The van der Waals surface area contributed by atoms with Crippen LogP contribution in [-0.2, 0) is 25.5 Å². The molecule has 138 valence electrons. The van der Waals surface area contributed by atoms with E-state index in [9.17, 15) is 9.59 Å². The summed E-state index contributed by atoms with van der Waals surface area (Å²) in [7, 11) is 1.61. The van der Waals surface area contributed by atoms with Crippen LogP contribution in [0.3, 0.4) is 0 Å². The van der Waals surface area contributed by atoms with Gasteiger partial charge in [-0.25, -0.2) is 4.79 Å². The Hall–Kier alpha value is -2.34. The van der Waals surface area contributed by atoms with Crippen molar-refractivity contribution >= 4 is 11.9 Å². The Bertz CT molecular complexity index is 541. The first-order valence-corrected chi connectivity index (χ1v) is 8.38. The van der Waals surface area contributed by atoms with Crippen molar-refractivity contribution in [1.82, 2.24) is 5.32 Å². The van der Waals surface area contributed by atoms with Gasteiger partial charge in [0, 0.05) is 7.11 Å². The molecule has 0 aliphatic carbocycles. The Balaban J connectivity index is 2.54. The van der Waals surface area contributed by atoms with Crippen molar-refractivity contribution in [2.45, 2.75) is 32.2 Å². The van der Waals surface area contributed by atoms with Gasteiger partial charge in [-0.3, -0.25) is 4.79 Å². The molecule has 0 unspecified atom stereocenters. The molecule has 1 N–H and O–H groups in total. The number of carbonyl (C=O) groups excluding carboxylic acids is 2. The molecule has 6 nitrogen and oxygen atoms in total. The predicted molar refractivity (Wildman–Crippen MR) is 95.5 cm³/mol. The minimum absolute atomic E-state index is 0.183. The van der Waals surface area contributed by atoms with E-state index in [1.165, 1.54) is 0 Å². The molecule has 0 aliphatic heterocycles. The summed E-state index contributed by atoms with van der Waals surface area (Å²) < 4.78 is 15.4. The Morgan fingerprint density at radius 1 is 1.24 bits per heavy atom. The van der Waals surface area contributed by atoms with Gasteiger partial charge in [-0.15, -0.1) is 6.58 Å². The molecule has 6 heteroatoms. The highest BCUT2D eigenvalue weighted by atomic mass is 16.5. The number of rotatable bonds is 12. The summed E-state index contributed by atoms with van der Waals surface area (Å²) in [5.74, 6) is 0.0753. The molecule has 0 bridgehead atoms. The summed E-state index contributed by atoms with van der Waals surface area (Å²) in [6.45, 7) is 6.64. The van der Waals surface area contributed by atoms with Crippen LogP contribution in [0.4, 0.5) is 0 Å². The third-order valence-electron chi connectivity index (χ3n) is 3.41. The van der Waals surface area contributed by atoms with E-state index < -0.39 is 12.0 Å². The van der Waals surface area contributed by atoms with Crippen LogP contribution >= 0.6 is 0 Å². The lowest BCUT2D eigenvalue weighted by Gasteiger charge is -2.16. The first kappa shape index (κ1) is 20.7. The van der Waals surface area contributed by atoms with Gasteiger partial charge in [0.1, 0.15) is 18.4 Å². The van der Waals surface area contributed by atoms with Crippen molar-refractivity contribution in [3.8, 4) is 5.75 Å². The largest absolute Gasteiger partial charge is 0.491 e. The van der Waals surface area contributed by atoms with Crippen LogP contribution in [0.1, 0.15) is 25.3 Å². The Kier molecular flexibility index (Phi) is 10.0. The zero-order valence-corrected chi connectivity index (χ0v) is 15.0. The van der Waals surface area contributed by atoms with Crippen LogP contribution in [0.25, 0.3) is 0 Å². The van der Waals surface area contributed by atoms with Gasteiger partial charge >= 0.3 is 5.97 Å². The van der Waals surface area contributed by atoms with Crippen LogP contribution in [0.2, 0.25) is 0 Å². The quantitative estimate of drug-likeness (QED) is 0.356. The van der Waals surface area contributed by atoms with Crippen LogP contribution in [0.5, 0.6) is 5.75 Å². The highest BCUT2D eigenvalue weighted by Gasteiger charge is 2.21. The van der Waals surface area contributed by atoms with Gasteiger partial charge in [0.2, 0.25) is 5.91 Å². The zero-order valence-electron chi connectivity index (χ0n) is 15.0. The molecule has 1 aromatic rings. The second-order valence-corrected chi connectivity index (χ2v) is 5.40. The van der Waals surface area contributed by atoms with E-state index >= 15 is 0 Å². The van der Waals surface area contributed by atoms with E-state index in [4.69, 9.17) is 14.2 Å². The minimum atomic E-state index is -0.651. The average molecular weight is 349 g/mol. The van der Waals surface area contributed by atoms with Crippen molar-refractivity contribution in [1.29, 1.82) is 0 Å². The van der Waals surface area contributed by atoms with E-state index in [2.05, 4.69) is 11.9 Å². The van der Waals surface area contributed by atoms with Gasteiger partial charge in [0.25, 0.3) is 0 Å². The summed E-state index contributed by atoms with van der Waals surface area (Å²) in [6, 6.07) is 6.61. The second-order valence-electron chi connectivity index (χ2n) is 5.40. The monoisotopic (exact) mass is 349 g/mol. The van der Waals surface area contributed by atoms with Crippen LogP contribution in [-0.4, -0.2) is 44.8 Å². The topological polar surface area (TPSA) is 73.9 Å². The van der Waals surface area contributed by atoms with Gasteiger partial charge in [-0.2, -0.15) is 0 Å². The molecule has 0 heterocycles. The lowest BCUT2D eigenvalue weighted by Crippen LogP contribution is -2.42. The normalized spacial score (nSPS) is 11.4. The molecule has 1 aromatic carbocycles. The fourth-order valence-corrected chi connectivity index (χ4v) is 2.15. The van der Waals surface area contributed by atoms with Crippen molar-refractivity contribution < 1.29 is 23.8 Å². The summed E-state index contributed by atoms with van der Waals surface area (Å²) >= 11 is 0. The van der Waals surface area contributed by atoms with E-state index in [1.807, 2.05) is 12.1 Å². The van der Waals surface area contributed by atoms with Gasteiger partial charge in [0.05, 0.1) is 19.6 Å². The molecule has 0 aliphatic rings. The maximum Gasteiger partial charge on any atom is 0.328 e. The number of nitrogens with one attached hydrogen (secondary N) is 1. The van der Waals surface area contributed by atoms with Crippen molar-refractivity contribution in [2.24, 2.45) is 0 Å². The molecule has 1 amide bonds. The van der Waals surface area contributed by atoms with Gasteiger partial charge < -0.3 is 19.5 Å². The SMILES string of the molecule is C=CCC[C@H](NC(=O)Cc1ccc(OCCOC)cc1)C(=O)OCC. The van der Waals surface area contributed by atoms with Crippen molar-refractivity contribution in [3.63, 3.8) is 0 Å². The molecular formula is C19H27NO5. The first-order chi connectivity index (χ1) is 12.1. The fourth-order valence-electron chi connectivity index (χ4n) is 2.15. The number of carbonyl (C=O) groups is 2. The van der Waals surface area contributed by atoms with Gasteiger partial charge in [-0.05, 0) is 37.5 Å². The van der Waals surface area contributed by atoms with E-state index in [0.717, 1.165) is 11.3 Å². The average Bonchev–Trinajstić information content (AvgIpc) is 2.60. The number of allylic oxidation sites excluding steroid dienone is 1. The first-order valence-electron chi connectivity index (χ1n) is 8.38. The third-order valence-corrected chi connectivity index (χ3v) is 3.41. The highest BCUT2D eigenvalue weighted by molar-refractivity contribution is 5.85. The lowest BCUT2D eigenvalue weighted by atomic mass is 10.1. The smallest absolute Gasteiger partial charge is 0.328 e. The molecular weight excluding hydrogens is 322 g/mol. The Morgan fingerprint density at radius 3 is 2.56 bits per heavy atom. The van der Waals surface area contributed by atoms with Gasteiger partial charge in [0.15, 0.2) is 0 Å². The van der Waals surface area contributed by atoms with E-state index in [-0.39, 0.29) is 18.9 Å². The molecule has 1 rings (SSSR count). The Labute approximate surface area is 149 Å². The summed E-state index contributed by atoms with van der Waals surface area (Å²) in [5.41, 5.74) is 0.836. The summed E-state index contributed by atoms with van der Waals surface area (Å²) in [6.07, 6.45) is 2.99. The Morgan fingerprint density at radius 2 is 1.96 bits per heavy atom. The molecule has 0 spiro atoms. The van der Waals surface area contributed by atoms with E-state index in [1.54, 1.807) is 32.2 Å². The number of benzene rings is 1. The predicted octanol–water partition coefficient (Wildman–Crippen LogP) is 2.27. The number of hydrogen-bond acceptors (Lipinski definition) is 5. The maximum absolute atomic E-state index is 12.2. The fraction of sp³-hybridized carbons (Fsp3) is 0.474. The van der Waals surface area contributed by atoms with Crippen molar-refractivity contribution in [3.05, 3.63) is 42.5 Å². The maximum atomic E-state index is 12.2. The number of ether oxygens (including phenoxy) is 3. The van der Waals surface area contributed by atoms with Crippen molar-refractivity contribution in [2.75, 3.05) is 26.9 Å². The number of hydrogen-bond donors (Lipinski definition) is 1. The zero-order chi connectivity index (χ0) is 18.5. The lowest BCUT2D eigenvalue weighted by molar-refractivity contribution is -0.147. The summed E-state index contributed by atoms with van der Waals surface area (Å²) in [5, 5.41) is 2.73.